The van der Waals surface area contributed by atoms with Crippen molar-refractivity contribution in [1.29, 1.82) is 0 Å². The number of carbonyl (C=O) groups is 2. The number of carbonyl (C=O) groups excluding carboxylic acids is 2. The van der Waals surface area contributed by atoms with Crippen molar-refractivity contribution < 1.29 is 47.3 Å². The number of benzene rings is 4. The van der Waals surface area contributed by atoms with Crippen molar-refractivity contribution in [1.82, 2.24) is 20.6 Å². The number of aliphatic hydroxyl groups is 1. The highest BCUT2D eigenvalue weighted by Gasteiger charge is 2.31. The predicted molar refractivity (Wildman–Crippen MR) is 211 cm³/mol. The quantitative estimate of drug-likeness (QED) is 0.0458. The maximum absolute atomic E-state index is 14.8. The van der Waals surface area contributed by atoms with Gasteiger partial charge in [0.05, 0.1) is 40.5 Å². The molecule has 20 heteroatoms. The van der Waals surface area contributed by atoms with E-state index in [0.717, 1.165) is 23.8 Å². The Labute approximate surface area is 339 Å². The van der Waals surface area contributed by atoms with E-state index < -0.39 is 50.9 Å². The zero-order valence-electron chi connectivity index (χ0n) is 32.4. The molecule has 1 unspecified atom stereocenters. The predicted octanol–water partition coefficient (Wildman–Crippen LogP) is 7.05. The van der Waals surface area contributed by atoms with Crippen molar-refractivity contribution in [2.75, 3.05) is 17.2 Å². The number of nitro benzene ring substituents is 2. The normalized spacial score (nSPS) is 13.2. The first kappa shape index (κ1) is 42.8. The molecule has 0 fully saturated rings. The first-order valence-electron chi connectivity index (χ1n) is 18.8. The standard InChI is InChI=1S/C40H40F2N8O10/c1-40(2,16-14-27(51)20-26(19-24-18-25(41)8-9-28(24)42)43-29-10-12-32(49(54)55)37-35(29)45-59-47-37)17-15-34(52)39(53)31(22-58-21-23-6-4-3-5-7-23)44-30-11-13-33(50(56)57)38-36(30)46-60-48-38/h3-13,18,26,31,39,43-44,53H,14-17,19-22H2,1-2H3/t26?,31-,39+/m1/s1. The Balaban J connectivity index is 1.10. The van der Waals surface area contributed by atoms with Crippen LogP contribution >= 0.6 is 0 Å². The number of non-ortho nitro benzene ring substituents is 2. The summed E-state index contributed by atoms with van der Waals surface area (Å²) >= 11 is 0. The molecule has 0 bridgehead atoms. The van der Waals surface area contributed by atoms with Gasteiger partial charge in [-0.15, -0.1) is 0 Å². The molecule has 0 aliphatic heterocycles. The van der Waals surface area contributed by atoms with Crippen LogP contribution in [0.25, 0.3) is 22.1 Å². The smallest absolute Gasteiger partial charge is 0.300 e. The number of aliphatic hydroxyl groups excluding tert-OH is 1. The SMILES string of the molecule is CC(C)(CCC(=O)CC(Cc1cc(F)ccc1F)Nc1ccc([N+](=O)[O-])c2nonc12)CCC(=O)[C@@H](O)[C@@H](COCc1ccccc1)Nc1ccc([N+](=O)[O-])c2nonc12. The molecule has 4 aromatic carbocycles. The molecular weight excluding hydrogens is 790 g/mol. The van der Waals surface area contributed by atoms with Crippen LogP contribution in [-0.4, -0.2) is 71.9 Å². The minimum Gasteiger partial charge on any atom is -0.383 e. The number of nitrogens with zero attached hydrogens (tertiary/aromatic N) is 6. The number of aromatic nitrogens is 4. The highest BCUT2D eigenvalue weighted by molar-refractivity contribution is 5.95. The summed E-state index contributed by atoms with van der Waals surface area (Å²) < 4.78 is 44.3. The van der Waals surface area contributed by atoms with Gasteiger partial charge in [-0.2, -0.15) is 0 Å². The number of anilines is 2. The molecular formula is C40H40F2N8O10. The lowest BCUT2D eigenvalue weighted by Crippen LogP contribution is -2.43. The van der Waals surface area contributed by atoms with E-state index in [1.165, 1.54) is 24.3 Å². The maximum Gasteiger partial charge on any atom is 0.300 e. The third-order valence-corrected chi connectivity index (χ3v) is 10.1. The van der Waals surface area contributed by atoms with Gasteiger partial charge in [-0.05, 0) is 86.8 Å². The lowest BCUT2D eigenvalue weighted by molar-refractivity contribution is -0.383. The van der Waals surface area contributed by atoms with Crippen LogP contribution in [0.1, 0.15) is 57.1 Å². The van der Waals surface area contributed by atoms with E-state index in [-0.39, 0.29) is 101 Å². The lowest BCUT2D eigenvalue weighted by atomic mass is 9.81. The molecule has 6 rings (SSSR count). The largest absolute Gasteiger partial charge is 0.383 e. The van der Waals surface area contributed by atoms with Gasteiger partial charge in [0.1, 0.15) is 23.5 Å². The van der Waals surface area contributed by atoms with Gasteiger partial charge < -0.3 is 20.5 Å². The van der Waals surface area contributed by atoms with E-state index in [1.807, 2.05) is 44.2 Å². The van der Waals surface area contributed by atoms with E-state index >= 15 is 0 Å². The number of ether oxygens (including phenoxy) is 1. The van der Waals surface area contributed by atoms with Crippen molar-refractivity contribution in [2.45, 2.75) is 77.2 Å². The van der Waals surface area contributed by atoms with Crippen molar-refractivity contribution in [2.24, 2.45) is 5.41 Å². The Morgan fingerprint density at radius 2 is 1.40 bits per heavy atom. The number of fused-ring (bicyclic) bond motifs is 2. The van der Waals surface area contributed by atoms with Crippen LogP contribution < -0.4 is 10.6 Å². The first-order valence-corrected chi connectivity index (χ1v) is 18.8. The van der Waals surface area contributed by atoms with E-state index in [1.54, 1.807) is 0 Å². The fourth-order valence-corrected chi connectivity index (χ4v) is 6.70. The van der Waals surface area contributed by atoms with Crippen LogP contribution in [0.5, 0.6) is 0 Å². The van der Waals surface area contributed by atoms with Crippen LogP contribution in [0.3, 0.4) is 0 Å². The van der Waals surface area contributed by atoms with Gasteiger partial charge in [0.2, 0.25) is 11.0 Å². The molecule has 0 spiro atoms. The minimum atomic E-state index is -1.59. The zero-order valence-corrected chi connectivity index (χ0v) is 32.4. The summed E-state index contributed by atoms with van der Waals surface area (Å²) in [5.74, 6) is -2.12. The molecule has 314 valence electrons. The van der Waals surface area contributed by atoms with Gasteiger partial charge >= 0.3 is 11.4 Å². The molecule has 0 radical (unpaired) electrons. The topological polar surface area (TPSA) is 252 Å². The second-order valence-electron chi connectivity index (χ2n) is 15.1. The Morgan fingerprint density at radius 3 is 2.02 bits per heavy atom. The number of nitro groups is 2. The summed E-state index contributed by atoms with van der Waals surface area (Å²) in [4.78, 5) is 48.8. The Bertz CT molecular complexity index is 2500. The van der Waals surface area contributed by atoms with Gasteiger partial charge in [-0.3, -0.25) is 29.8 Å². The van der Waals surface area contributed by atoms with Crippen molar-refractivity contribution in [3.8, 4) is 0 Å². The Morgan fingerprint density at radius 1 is 0.817 bits per heavy atom. The highest BCUT2D eigenvalue weighted by Crippen LogP contribution is 2.33. The van der Waals surface area contributed by atoms with Crippen molar-refractivity contribution >= 4 is 56.4 Å². The summed E-state index contributed by atoms with van der Waals surface area (Å²) in [6.07, 6.45) is -1.30. The molecule has 2 aromatic heterocycles. The highest BCUT2D eigenvalue weighted by atomic mass is 19.1. The van der Waals surface area contributed by atoms with Gasteiger partial charge in [0.15, 0.2) is 16.8 Å². The maximum atomic E-state index is 14.8. The Kier molecular flexibility index (Phi) is 13.4. The Hall–Kier alpha value is -6.80. The van der Waals surface area contributed by atoms with E-state index in [2.05, 4.69) is 31.3 Å². The molecule has 0 amide bonds. The first-order chi connectivity index (χ1) is 28.7. The molecule has 60 heavy (non-hydrogen) atoms. The number of Topliss-reactive ketones (excluding diaryl/α,β-unsaturated/α-hetero) is 2. The van der Waals surface area contributed by atoms with Gasteiger partial charge in [0, 0.05) is 37.4 Å². The monoisotopic (exact) mass is 830 g/mol. The van der Waals surface area contributed by atoms with Crippen molar-refractivity contribution in [3.63, 3.8) is 0 Å². The van der Waals surface area contributed by atoms with E-state index in [4.69, 9.17) is 14.0 Å². The van der Waals surface area contributed by atoms with Crippen molar-refractivity contribution in [3.05, 3.63) is 116 Å². The van der Waals surface area contributed by atoms with E-state index in [0.29, 0.717) is 6.42 Å². The summed E-state index contributed by atoms with van der Waals surface area (Å²) in [6.45, 7) is 3.77. The molecule has 0 saturated heterocycles. The molecule has 0 saturated carbocycles. The average Bonchev–Trinajstić information content (AvgIpc) is 3.92. The third-order valence-electron chi connectivity index (χ3n) is 10.1. The summed E-state index contributed by atoms with van der Waals surface area (Å²) in [5.41, 5.74) is -0.172. The molecule has 18 nitrogen and oxygen atoms in total. The van der Waals surface area contributed by atoms with Gasteiger partial charge in [0.25, 0.3) is 0 Å². The van der Waals surface area contributed by atoms with Gasteiger partial charge in [-0.25, -0.2) is 18.0 Å². The summed E-state index contributed by atoms with van der Waals surface area (Å²) in [7, 11) is 0. The van der Waals surface area contributed by atoms with Gasteiger partial charge in [-0.1, -0.05) is 44.2 Å². The van der Waals surface area contributed by atoms with Crippen LogP contribution in [0, 0.1) is 37.3 Å². The average molecular weight is 831 g/mol. The number of hydrogen-bond acceptors (Lipinski definition) is 16. The van der Waals surface area contributed by atoms with E-state index in [9.17, 15) is 43.7 Å². The number of halogens is 2. The molecule has 0 aliphatic rings. The molecule has 6 aromatic rings. The van der Waals surface area contributed by atoms with Crippen LogP contribution in [0.4, 0.5) is 31.5 Å². The number of rotatable bonds is 22. The number of nitrogens with one attached hydrogen (secondary N) is 2. The van der Waals surface area contributed by atoms with Crippen LogP contribution in [0.2, 0.25) is 0 Å². The van der Waals surface area contributed by atoms with Crippen LogP contribution in [-0.2, 0) is 27.4 Å². The fourth-order valence-electron chi connectivity index (χ4n) is 6.70. The third kappa shape index (κ3) is 10.6. The minimum absolute atomic E-state index is 0.00286. The fraction of sp³-hybridized carbons (Fsp3) is 0.350. The molecule has 3 atom stereocenters. The molecule has 2 heterocycles. The lowest BCUT2D eigenvalue weighted by Gasteiger charge is -2.27. The second-order valence-corrected chi connectivity index (χ2v) is 15.1. The molecule has 0 aliphatic carbocycles. The second kappa shape index (κ2) is 18.9. The summed E-state index contributed by atoms with van der Waals surface area (Å²) in [6, 6.07) is 15.5. The number of hydrogen-bond donors (Lipinski definition) is 3. The summed E-state index contributed by atoms with van der Waals surface area (Å²) in [5, 5.41) is 55.3. The number of ketones is 2. The van der Waals surface area contributed by atoms with Crippen LogP contribution in [0.15, 0.2) is 82.1 Å². The zero-order chi connectivity index (χ0) is 43.0. The molecule has 3 N–H and O–H groups in total.